The first-order valence-corrected chi connectivity index (χ1v) is 8.45. The predicted molar refractivity (Wildman–Crippen MR) is 84.8 cm³/mol. The van der Waals surface area contributed by atoms with Gasteiger partial charge >= 0.3 is 0 Å². The Morgan fingerprint density at radius 3 is 2.71 bits per heavy atom. The highest BCUT2D eigenvalue weighted by atomic mass is 16.5. The molecule has 0 spiro atoms. The molecule has 3 nitrogen and oxygen atoms in total. The Morgan fingerprint density at radius 2 is 2.00 bits per heavy atom. The normalized spacial score (nSPS) is 26.9. The zero-order valence-corrected chi connectivity index (χ0v) is 13.1. The van der Waals surface area contributed by atoms with Crippen LogP contribution < -0.4 is 4.74 Å². The first kappa shape index (κ1) is 14.9. The molecule has 1 aromatic carbocycles. The number of likely N-dealkylation sites (tertiary alicyclic amines) is 1. The van der Waals surface area contributed by atoms with Crippen molar-refractivity contribution in [1.29, 1.82) is 0 Å². The molecule has 0 bridgehead atoms. The van der Waals surface area contributed by atoms with Crippen LogP contribution in [-0.4, -0.2) is 37.3 Å². The molecule has 0 saturated carbocycles. The molecule has 0 N–H and O–H groups in total. The van der Waals surface area contributed by atoms with Gasteiger partial charge in [-0.1, -0.05) is 12.1 Å². The first-order chi connectivity index (χ1) is 10.4. The molecule has 0 radical (unpaired) electrons. The van der Waals surface area contributed by atoms with Gasteiger partial charge in [0.1, 0.15) is 5.75 Å². The largest absolute Gasteiger partial charge is 0.494 e. The molecule has 2 atom stereocenters. The molecule has 0 aliphatic carbocycles. The summed E-state index contributed by atoms with van der Waals surface area (Å²) in [6.07, 6.45) is 6.80. The van der Waals surface area contributed by atoms with E-state index in [1.165, 1.54) is 44.2 Å². The standard InChI is InChI=1S/C18H27NO2/c1-2-20-16-10-8-15(9-11-16)18-7-5-12-19(18)14-17-6-3-4-13-21-17/h8-11,17-18H,2-7,12-14H2,1H3. The van der Waals surface area contributed by atoms with Crippen LogP contribution in [0.1, 0.15) is 50.6 Å². The monoisotopic (exact) mass is 289 g/mol. The summed E-state index contributed by atoms with van der Waals surface area (Å²) < 4.78 is 11.5. The van der Waals surface area contributed by atoms with Gasteiger partial charge in [0.05, 0.1) is 12.7 Å². The van der Waals surface area contributed by atoms with Crippen molar-refractivity contribution in [2.45, 2.75) is 51.2 Å². The predicted octanol–water partition coefficient (Wildman–Crippen LogP) is 3.79. The minimum absolute atomic E-state index is 0.446. The maximum Gasteiger partial charge on any atom is 0.119 e. The lowest BCUT2D eigenvalue weighted by molar-refractivity contribution is -0.00806. The van der Waals surface area contributed by atoms with E-state index in [2.05, 4.69) is 29.2 Å². The first-order valence-electron chi connectivity index (χ1n) is 8.45. The Morgan fingerprint density at radius 1 is 1.14 bits per heavy atom. The average Bonchev–Trinajstić information content (AvgIpc) is 2.98. The van der Waals surface area contributed by atoms with Gasteiger partial charge in [0.15, 0.2) is 0 Å². The molecule has 2 saturated heterocycles. The molecule has 2 fully saturated rings. The lowest BCUT2D eigenvalue weighted by Gasteiger charge is -2.31. The lowest BCUT2D eigenvalue weighted by Crippen LogP contribution is -2.35. The summed E-state index contributed by atoms with van der Waals surface area (Å²) in [6.45, 7) is 6.01. The maximum atomic E-state index is 5.91. The van der Waals surface area contributed by atoms with Crippen molar-refractivity contribution in [3.63, 3.8) is 0 Å². The summed E-state index contributed by atoms with van der Waals surface area (Å²) in [5.41, 5.74) is 1.42. The zero-order valence-electron chi connectivity index (χ0n) is 13.1. The molecule has 21 heavy (non-hydrogen) atoms. The van der Waals surface area contributed by atoms with Crippen LogP contribution in [0.4, 0.5) is 0 Å². The van der Waals surface area contributed by atoms with E-state index < -0.39 is 0 Å². The molecule has 116 valence electrons. The topological polar surface area (TPSA) is 21.7 Å². The van der Waals surface area contributed by atoms with Crippen LogP contribution in [0.3, 0.4) is 0 Å². The second-order valence-electron chi connectivity index (χ2n) is 6.14. The number of benzene rings is 1. The van der Waals surface area contributed by atoms with Gasteiger partial charge in [0.2, 0.25) is 0 Å². The van der Waals surface area contributed by atoms with Gasteiger partial charge in [-0.3, -0.25) is 4.90 Å². The van der Waals surface area contributed by atoms with Crippen LogP contribution in [0.5, 0.6) is 5.75 Å². The van der Waals surface area contributed by atoms with Crippen molar-refractivity contribution >= 4 is 0 Å². The fourth-order valence-corrected chi connectivity index (χ4v) is 3.59. The fourth-order valence-electron chi connectivity index (χ4n) is 3.59. The van der Waals surface area contributed by atoms with Crippen LogP contribution in [0.25, 0.3) is 0 Å². The molecular weight excluding hydrogens is 262 g/mol. The van der Waals surface area contributed by atoms with Gasteiger partial charge < -0.3 is 9.47 Å². The van der Waals surface area contributed by atoms with Crippen LogP contribution in [-0.2, 0) is 4.74 Å². The zero-order chi connectivity index (χ0) is 14.5. The van der Waals surface area contributed by atoms with E-state index in [1.807, 2.05) is 6.92 Å². The Hall–Kier alpha value is -1.06. The second-order valence-corrected chi connectivity index (χ2v) is 6.14. The van der Waals surface area contributed by atoms with Crippen molar-refractivity contribution in [1.82, 2.24) is 4.90 Å². The van der Waals surface area contributed by atoms with Crippen LogP contribution in [0.15, 0.2) is 24.3 Å². The third-order valence-corrected chi connectivity index (χ3v) is 4.65. The third kappa shape index (κ3) is 3.78. The molecule has 2 heterocycles. The summed E-state index contributed by atoms with van der Waals surface area (Å²) >= 11 is 0. The highest BCUT2D eigenvalue weighted by Crippen LogP contribution is 2.33. The van der Waals surface area contributed by atoms with E-state index in [4.69, 9.17) is 9.47 Å². The van der Waals surface area contributed by atoms with Crippen molar-refractivity contribution in [2.24, 2.45) is 0 Å². The quantitative estimate of drug-likeness (QED) is 0.823. The van der Waals surface area contributed by atoms with E-state index >= 15 is 0 Å². The van der Waals surface area contributed by atoms with Gasteiger partial charge in [-0.2, -0.15) is 0 Å². The van der Waals surface area contributed by atoms with E-state index in [0.29, 0.717) is 12.1 Å². The molecule has 2 unspecified atom stereocenters. The van der Waals surface area contributed by atoms with Gasteiger partial charge in [-0.05, 0) is 63.3 Å². The van der Waals surface area contributed by atoms with E-state index in [9.17, 15) is 0 Å². The molecular formula is C18H27NO2. The Labute approximate surface area is 128 Å². The minimum atomic E-state index is 0.446. The number of hydrogen-bond donors (Lipinski definition) is 0. The number of hydrogen-bond acceptors (Lipinski definition) is 3. The van der Waals surface area contributed by atoms with Crippen molar-refractivity contribution in [2.75, 3.05) is 26.3 Å². The Balaban J connectivity index is 1.62. The highest BCUT2D eigenvalue weighted by Gasteiger charge is 2.28. The summed E-state index contributed by atoms with van der Waals surface area (Å²) in [7, 11) is 0. The number of ether oxygens (including phenoxy) is 2. The lowest BCUT2D eigenvalue weighted by atomic mass is 10.0. The van der Waals surface area contributed by atoms with Gasteiger partial charge in [0, 0.05) is 19.2 Å². The van der Waals surface area contributed by atoms with Gasteiger partial charge in [-0.15, -0.1) is 0 Å². The average molecular weight is 289 g/mol. The molecule has 0 amide bonds. The molecule has 3 heteroatoms. The summed E-state index contributed by atoms with van der Waals surface area (Å²) in [5, 5.41) is 0. The van der Waals surface area contributed by atoms with Crippen molar-refractivity contribution in [3.8, 4) is 5.75 Å². The third-order valence-electron chi connectivity index (χ3n) is 4.65. The summed E-state index contributed by atoms with van der Waals surface area (Å²) in [6, 6.07) is 9.23. The van der Waals surface area contributed by atoms with Gasteiger partial charge in [0.25, 0.3) is 0 Å². The molecule has 3 rings (SSSR count). The molecule has 1 aromatic rings. The molecule has 2 aliphatic rings. The number of nitrogens with zero attached hydrogens (tertiary/aromatic N) is 1. The van der Waals surface area contributed by atoms with E-state index in [1.54, 1.807) is 0 Å². The van der Waals surface area contributed by atoms with E-state index in [0.717, 1.165) is 25.5 Å². The fraction of sp³-hybridized carbons (Fsp3) is 0.667. The van der Waals surface area contributed by atoms with Crippen molar-refractivity contribution < 1.29 is 9.47 Å². The maximum absolute atomic E-state index is 5.91. The van der Waals surface area contributed by atoms with Crippen LogP contribution in [0, 0.1) is 0 Å². The molecule has 0 aromatic heterocycles. The Bertz CT molecular complexity index is 425. The summed E-state index contributed by atoms with van der Waals surface area (Å²) in [5.74, 6) is 0.974. The molecule has 2 aliphatic heterocycles. The number of rotatable bonds is 5. The van der Waals surface area contributed by atoms with E-state index in [-0.39, 0.29) is 0 Å². The Kier molecular flexibility index (Phi) is 5.15. The summed E-state index contributed by atoms with van der Waals surface area (Å²) in [4.78, 5) is 2.62. The van der Waals surface area contributed by atoms with Crippen molar-refractivity contribution in [3.05, 3.63) is 29.8 Å². The van der Waals surface area contributed by atoms with Crippen LogP contribution in [0.2, 0.25) is 0 Å². The van der Waals surface area contributed by atoms with Crippen LogP contribution >= 0.6 is 0 Å². The highest BCUT2D eigenvalue weighted by molar-refractivity contribution is 5.29. The smallest absolute Gasteiger partial charge is 0.119 e. The SMILES string of the molecule is CCOc1ccc(C2CCCN2CC2CCCCO2)cc1. The minimum Gasteiger partial charge on any atom is -0.494 e. The van der Waals surface area contributed by atoms with Gasteiger partial charge in [-0.25, -0.2) is 0 Å². The second kappa shape index (κ2) is 7.28.